The fourth-order valence-electron chi connectivity index (χ4n) is 5.79. The van der Waals surface area contributed by atoms with Gasteiger partial charge in [0.25, 0.3) is 5.91 Å². The number of nitrogens with two attached hydrogens (primary N) is 1. The summed E-state index contributed by atoms with van der Waals surface area (Å²) in [4.78, 5) is 42.8. The van der Waals surface area contributed by atoms with Crippen LogP contribution in [0.5, 0.6) is 5.75 Å². The quantitative estimate of drug-likeness (QED) is 0.293. The second-order valence-corrected chi connectivity index (χ2v) is 10.5. The van der Waals surface area contributed by atoms with Crippen LogP contribution in [0.1, 0.15) is 62.8 Å². The van der Waals surface area contributed by atoms with Crippen molar-refractivity contribution in [3.8, 4) is 5.75 Å². The number of carbonyl (C=O) groups excluding carboxylic acids is 3. The molecule has 0 saturated heterocycles. The Morgan fingerprint density at radius 2 is 1.83 bits per heavy atom. The van der Waals surface area contributed by atoms with Gasteiger partial charge in [-0.15, -0.1) is 0 Å². The van der Waals surface area contributed by atoms with Gasteiger partial charge in [0, 0.05) is 23.1 Å². The average Bonchev–Trinajstić information content (AvgIpc) is 2.72. The van der Waals surface area contributed by atoms with Crippen LogP contribution in [-0.4, -0.2) is 45.6 Å². The van der Waals surface area contributed by atoms with Crippen LogP contribution in [0.15, 0.2) is 28.1 Å². The molecule has 4 rings (SSSR count). The third kappa shape index (κ3) is 3.69. The van der Waals surface area contributed by atoms with E-state index >= 15 is 0 Å². The Morgan fingerprint density at radius 3 is 2.40 bits per heavy atom. The SMILES string of the molecule is CO/N=C(/C)c1cc(C(C)(C)C)c(O)c2c1CC1CC3CC(=O)C(C(N)=O)=C(O)C3C(=O)C1=C2O. The largest absolute Gasteiger partial charge is 0.511 e. The molecule has 5 N–H and O–H groups in total. The highest BCUT2D eigenvalue weighted by molar-refractivity contribution is 6.21. The molecule has 0 aliphatic heterocycles. The van der Waals surface area contributed by atoms with Gasteiger partial charge in [-0.2, -0.15) is 0 Å². The average molecular weight is 483 g/mol. The second kappa shape index (κ2) is 8.25. The van der Waals surface area contributed by atoms with Crippen molar-refractivity contribution in [2.45, 2.75) is 52.4 Å². The van der Waals surface area contributed by atoms with Crippen LogP contribution < -0.4 is 5.73 Å². The van der Waals surface area contributed by atoms with E-state index in [0.717, 1.165) is 0 Å². The Hall–Kier alpha value is -3.62. The highest BCUT2D eigenvalue weighted by atomic mass is 16.6. The van der Waals surface area contributed by atoms with Gasteiger partial charge in [0.05, 0.1) is 17.2 Å². The van der Waals surface area contributed by atoms with E-state index in [4.69, 9.17) is 10.6 Å². The molecular weight excluding hydrogens is 452 g/mol. The molecule has 35 heavy (non-hydrogen) atoms. The van der Waals surface area contributed by atoms with Crippen molar-refractivity contribution in [2.75, 3.05) is 7.11 Å². The summed E-state index contributed by atoms with van der Waals surface area (Å²) < 4.78 is 0. The smallest absolute Gasteiger partial charge is 0.255 e. The van der Waals surface area contributed by atoms with Crippen LogP contribution in [0, 0.1) is 17.8 Å². The molecule has 9 nitrogen and oxygen atoms in total. The summed E-state index contributed by atoms with van der Waals surface area (Å²) in [7, 11) is 1.43. The maximum Gasteiger partial charge on any atom is 0.255 e. The third-order valence-electron chi connectivity index (χ3n) is 7.31. The summed E-state index contributed by atoms with van der Waals surface area (Å²) in [6.45, 7) is 7.51. The number of Topliss-reactive ketones (excluding diaryl/α,β-unsaturated/α-hetero) is 2. The topological polar surface area (TPSA) is 160 Å². The Labute approximate surface area is 203 Å². The molecule has 1 fully saturated rings. The molecule has 1 aromatic carbocycles. The van der Waals surface area contributed by atoms with E-state index in [1.54, 1.807) is 6.92 Å². The number of allylic oxidation sites excluding steroid dienone is 2. The van der Waals surface area contributed by atoms with Crippen molar-refractivity contribution in [1.82, 2.24) is 0 Å². The van der Waals surface area contributed by atoms with Gasteiger partial charge >= 0.3 is 0 Å². The van der Waals surface area contributed by atoms with E-state index in [1.165, 1.54) is 7.11 Å². The molecule has 186 valence electrons. The summed E-state index contributed by atoms with van der Waals surface area (Å²) in [5.41, 5.74) is 6.89. The maximum absolute atomic E-state index is 13.6. The number of aromatic hydroxyl groups is 1. The zero-order chi connectivity index (χ0) is 26.0. The Balaban J connectivity index is 1.97. The number of aliphatic hydroxyl groups excluding tert-OH is 2. The zero-order valence-corrected chi connectivity index (χ0v) is 20.4. The molecule has 9 heteroatoms. The summed E-state index contributed by atoms with van der Waals surface area (Å²) in [6.07, 6.45) is 0.551. The molecular formula is C26H30N2O7. The highest BCUT2D eigenvalue weighted by Crippen LogP contribution is 2.52. The minimum atomic E-state index is -1.14. The van der Waals surface area contributed by atoms with Crippen molar-refractivity contribution in [1.29, 1.82) is 0 Å². The number of aliphatic hydroxyl groups is 2. The van der Waals surface area contributed by atoms with E-state index in [1.807, 2.05) is 26.8 Å². The lowest BCUT2D eigenvalue weighted by molar-refractivity contribution is -0.127. The first-order chi connectivity index (χ1) is 16.3. The predicted molar refractivity (Wildman–Crippen MR) is 128 cm³/mol. The van der Waals surface area contributed by atoms with Crippen LogP contribution >= 0.6 is 0 Å². The number of amides is 1. The van der Waals surface area contributed by atoms with Crippen LogP contribution in [-0.2, 0) is 31.1 Å². The van der Waals surface area contributed by atoms with Crippen molar-refractivity contribution < 1.29 is 34.5 Å². The monoisotopic (exact) mass is 482 g/mol. The minimum Gasteiger partial charge on any atom is -0.511 e. The number of nitrogens with zero attached hydrogens (tertiary/aromatic N) is 1. The fraction of sp³-hybridized carbons (Fsp3) is 0.462. The summed E-state index contributed by atoms with van der Waals surface area (Å²) in [5.74, 6) is -5.48. The van der Waals surface area contributed by atoms with E-state index in [0.29, 0.717) is 35.2 Å². The molecule has 1 aromatic rings. The van der Waals surface area contributed by atoms with Gasteiger partial charge in [0.1, 0.15) is 30.0 Å². The number of ketones is 2. The molecule has 0 spiro atoms. The summed E-state index contributed by atoms with van der Waals surface area (Å²) in [6, 6.07) is 1.83. The number of fused-ring (bicyclic) bond motifs is 3. The molecule has 3 unspecified atom stereocenters. The van der Waals surface area contributed by atoms with Crippen molar-refractivity contribution in [3.05, 3.63) is 45.2 Å². The normalized spacial score (nSPS) is 24.7. The molecule has 0 bridgehead atoms. The highest BCUT2D eigenvalue weighted by Gasteiger charge is 2.51. The van der Waals surface area contributed by atoms with Gasteiger partial charge in [-0.25, -0.2) is 0 Å². The first-order valence-electron chi connectivity index (χ1n) is 11.5. The van der Waals surface area contributed by atoms with Crippen LogP contribution in [0.25, 0.3) is 5.76 Å². The lowest BCUT2D eigenvalue weighted by Gasteiger charge is -2.41. The van der Waals surface area contributed by atoms with Gasteiger partial charge in [0.15, 0.2) is 11.6 Å². The number of rotatable bonds is 3. The Bertz CT molecular complexity index is 1260. The molecule has 0 aromatic heterocycles. The molecule has 3 aliphatic rings. The molecule has 0 heterocycles. The van der Waals surface area contributed by atoms with Gasteiger partial charge in [-0.3, -0.25) is 14.4 Å². The molecule has 3 aliphatic carbocycles. The van der Waals surface area contributed by atoms with E-state index in [2.05, 4.69) is 5.16 Å². The number of hydrogen-bond donors (Lipinski definition) is 4. The first kappa shape index (κ1) is 24.5. The lowest BCUT2D eigenvalue weighted by atomic mass is 9.61. The molecule has 1 amide bonds. The minimum absolute atomic E-state index is 0.0807. The maximum atomic E-state index is 13.6. The fourth-order valence-corrected chi connectivity index (χ4v) is 5.79. The van der Waals surface area contributed by atoms with Crippen LogP contribution in [0.2, 0.25) is 0 Å². The van der Waals surface area contributed by atoms with Crippen molar-refractivity contribution in [2.24, 2.45) is 28.6 Å². The van der Waals surface area contributed by atoms with E-state index < -0.39 is 52.0 Å². The molecule has 3 atom stereocenters. The van der Waals surface area contributed by atoms with Gasteiger partial charge in [-0.05, 0) is 48.6 Å². The number of oxime groups is 1. The Morgan fingerprint density at radius 1 is 1.17 bits per heavy atom. The molecule has 0 radical (unpaired) electrons. The van der Waals surface area contributed by atoms with Crippen molar-refractivity contribution >= 4 is 28.9 Å². The van der Waals surface area contributed by atoms with Gasteiger partial charge < -0.3 is 25.9 Å². The van der Waals surface area contributed by atoms with Gasteiger partial charge in [0.2, 0.25) is 0 Å². The van der Waals surface area contributed by atoms with Crippen molar-refractivity contribution in [3.63, 3.8) is 0 Å². The van der Waals surface area contributed by atoms with E-state index in [-0.39, 0.29) is 29.1 Å². The van der Waals surface area contributed by atoms with Crippen LogP contribution in [0.3, 0.4) is 0 Å². The van der Waals surface area contributed by atoms with Gasteiger partial charge in [-0.1, -0.05) is 25.9 Å². The number of phenolic OH excluding ortho intramolecular Hbond substituents is 1. The number of primary amides is 1. The summed E-state index contributed by atoms with van der Waals surface area (Å²) >= 11 is 0. The predicted octanol–water partition coefficient (Wildman–Crippen LogP) is 2.98. The second-order valence-electron chi connectivity index (χ2n) is 10.5. The number of phenols is 1. The zero-order valence-electron chi connectivity index (χ0n) is 20.4. The Kier molecular flexibility index (Phi) is 5.78. The number of hydrogen-bond acceptors (Lipinski definition) is 8. The molecule has 1 saturated carbocycles. The van der Waals surface area contributed by atoms with E-state index in [9.17, 15) is 29.7 Å². The standard InChI is InChI=1S/C26H30N2O7/c1-10(28-35-5)13-9-15(26(2,3)4)21(30)19-14(13)7-11-6-12-8-16(29)20(25(27)34)24(33)18(12)22(31)17(11)23(19)32/h9,11-12,18,30,32-33H,6-8H2,1-5H3,(H2,27,34)/b28-10-. The number of carbonyl (C=O) groups is 3. The van der Waals surface area contributed by atoms with Crippen LogP contribution in [0.4, 0.5) is 0 Å². The lowest BCUT2D eigenvalue weighted by Crippen LogP contribution is -2.44. The number of benzene rings is 1. The first-order valence-corrected chi connectivity index (χ1v) is 11.5. The summed E-state index contributed by atoms with van der Waals surface area (Å²) in [5, 5.41) is 37.4. The third-order valence-corrected chi connectivity index (χ3v) is 7.31.